The quantitative estimate of drug-likeness (QED) is 0.814. The summed E-state index contributed by atoms with van der Waals surface area (Å²) in [5.41, 5.74) is 0. The van der Waals surface area contributed by atoms with Crippen LogP contribution in [0.4, 0.5) is 5.82 Å². The molecule has 6 nitrogen and oxygen atoms in total. The molecular weight excluding hydrogens is 340 g/mol. The highest BCUT2D eigenvalue weighted by molar-refractivity contribution is 6.30. The zero-order chi connectivity index (χ0) is 17.8. The van der Waals surface area contributed by atoms with E-state index in [1.165, 1.54) is 0 Å². The summed E-state index contributed by atoms with van der Waals surface area (Å²) in [6.07, 6.45) is 2.15. The molecule has 0 unspecified atom stereocenters. The van der Waals surface area contributed by atoms with Gasteiger partial charge in [0.1, 0.15) is 5.82 Å². The second kappa shape index (κ2) is 8.34. The zero-order valence-electron chi connectivity index (χ0n) is 15.0. The van der Waals surface area contributed by atoms with Crippen molar-refractivity contribution < 1.29 is 9.53 Å². The molecule has 3 rings (SSSR count). The maximum absolute atomic E-state index is 12.6. The predicted molar refractivity (Wildman–Crippen MR) is 99.1 cm³/mol. The van der Waals surface area contributed by atoms with Crippen molar-refractivity contribution in [3.8, 4) is 0 Å². The van der Waals surface area contributed by atoms with E-state index in [-0.39, 0.29) is 12.0 Å². The van der Waals surface area contributed by atoms with Gasteiger partial charge in [-0.05, 0) is 26.0 Å². The lowest BCUT2D eigenvalue weighted by Gasteiger charge is -2.38. The molecule has 0 radical (unpaired) electrons. The number of amides is 1. The number of nitrogens with zero attached hydrogens (tertiary/aromatic N) is 4. The fourth-order valence-electron chi connectivity index (χ4n) is 3.40. The Balaban J connectivity index is 1.47. The van der Waals surface area contributed by atoms with E-state index in [2.05, 4.69) is 28.6 Å². The molecule has 0 spiro atoms. The number of anilines is 1. The van der Waals surface area contributed by atoms with E-state index in [0.29, 0.717) is 24.1 Å². The zero-order valence-corrected chi connectivity index (χ0v) is 15.8. The molecule has 0 aromatic carbocycles. The third-order valence-electron chi connectivity index (χ3n) is 4.97. The molecule has 0 N–H and O–H groups in total. The third-order valence-corrected chi connectivity index (χ3v) is 5.19. The van der Waals surface area contributed by atoms with Crippen LogP contribution in [0.1, 0.15) is 20.3 Å². The first-order valence-corrected chi connectivity index (χ1v) is 9.40. The Hall–Kier alpha value is -1.37. The van der Waals surface area contributed by atoms with Crippen LogP contribution in [-0.2, 0) is 9.53 Å². The standard InChI is InChI=1S/C18H27ClN4O2/c1-14(2)23-9-10-25-16(13-23)11-18(24)22-7-5-21(6-8-22)17-4-3-15(19)12-20-17/h3-4,12,14,16H,5-11,13H2,1-2H3/t16-/m0/s1. The van der Waals surface area contributed by atoms with Gasteiger partial charge in [0.05, 0.1) is 24.2 Å². The summed E-state index contributed by atoms with van der Waals surface area (Å²) in [5.74, 6) is 1.11. The van der Waals surface area contributed by atoms with Crippen molar-refractivity contribution >= 4 is 23.3 Å². The lowest BCUT2D eigenvalue weighted by molar-refractivity contribution is -0.136. The number of hydrogen-bond acceptors (Lipinski definition) is 5. The van der Waals surface area contributed by atoms with Crippen molar-refractivity contribution in [3.05, 3.63) is 23.4 Å². The summed E-state index contributed by atoms with van der Waals surface area (Å²) in [6, 6.07) is 4.27. The molecule has 1 aromatic rings. The molecule has 1 amide bonds. The summed E-state index contributed by atoms with van der Waals surface area (Å²) in [5, 5.41) is 0.639. The summed E-state index contributed by atoms with van der Waals surface area (Å²) >= 11 is 5.89. The fraction of sp³-hybridized carbons (Fsp3) is 0.667. The molecule has 25 heavy (non-hydrogen) atoms. The Morgan fingerprint density at radius 1 is 1.28 bits per heavy atom. The van der Waals surface area contributed by atoms with Crippen molar-refractivity contribution in [1.29, 1.82) is 0 Å². The summed E-state index contributed by atoms with van der Waals surface area (Å²) in [4.78, 5) is 23.5. The van der Waals surface area contributed by atoms with Gasteiger partial charge in [0.15, 0.2) is 0 Å². The smallest absolute Gasteiger partial charge is 0.225 e. The van der Waals surface area contributed by atoms with Crippen LogP contribution in [0.3, 0.4) is 0 Å². The van der Waals surface area contributed by atoms with Gasteiger partial charge in [-0.2, -0.15) is 0 Å². The molecule has 3 heterocycles. The van der Waals surface area contributed by atoms with Crippen LogP contribution < -0.4 is 4.90 Å². The number of rotatable bonds is 4. The van der Waals surface area contributed by atoms with Crippen LogP contribution in [0.5, 0.6) is 0 Å². The monoisotopic (exact) mass is 366 g/mol. The van der Waals surface area contributed by atoms with Crippen molar-refractivity contribution in [2.75, 3.05) is 50.8 Å². The Morgan fingerprint density at radius 3 is 2.68 bits per heavy atom. The molecule has 0 aliphatic carbocycles. The first-order chi connectivity index (χ1) is 12.0. The molecule has 2 aliphatic rings. The number of carbonyl (C=O) groups is 1. The van der Waals surface area contributed by atoms with Crippen LogP contribution >= 0.6 is 11.6 Å². The lowest BCUT2D eigenvalue weighted by Crippen LogP contribution is -2.51. The van der Waals surface area contributed by atoms with Crippen molar-refractivity contribution in [2.24, 2.45) is 0 Å². The first kappa shape index (κ1) is 18.4. The minimum atomic E-state index is 0.0135. The maximum atomic E-state index is 12.6. The molecule has 1 aromatic heterocycles. The Bertz CT molecular complexity index is 573. The van der Waals surface area contributed by atoms with E-state index in [1.807, 2.05) is 17.0 Å². The van der Waals surface area contributed by atoms with Gasteiger partial charge in [0.25, 0.3) is 0 Å². The van der Waals surface area contributed by atoms with Gasteiger partial charge in [-0.25, -0.2) is 4.98 Å². The third kappa shape index (κ3) is 4.84. The molecular formula is C18H27ClN4O2. The first-order valence-electron chi connectivity index (χ1n) is 9.03. The van der Waals surface area contributed by atoms with Crippen molar-refractivity contribution in [1.82, 2.24) is 14.8 Å². The van der Waals surface area contributed by atoms with Gasteiger partial charge in [-0.15, -0.1) is 0 Å². The Kier molecular flexibility index (Phi) is 6.15. The normalized spacial score (nSPS) is 22.5. The number of aromatic nitrogens is 1. The van der Waals surface area contributed by atoms with E-state index in [0.717, 1.165) is 45.1 Å². The van der Waals surface area contributed by atoms with E-state index in [1.54, 1.807) is 6.20 Å². The molecule has 2 saturated heterocycles. The Morgan fingerprint density at radius 2 is 2.04 bits per heavy atom. The number of hydrogen-bond donors (Lipinski definition) is 0. The number of piperazine rings is 1. The molecule has 0 saturated carbocycles. The van der Waals surface area contributed by atoms with Crippen molar-refractivity contribution in [3.63, 3.8) is 0 Å². The van der Waals surface area contributed by atoms with Gasteiger partial charge in [-0.3, -0.25) is 9.69 Å². The Labute approximate surface area is 154 Å². The topological polar surface area (TPSA) is 48.9 Å². The minimum Gasteiger partial charge on any atom is -0.375 e. The average Bonchev–Trinajstić information content (AvgIpc) is 2.63. The second-order valence-electron chi connectivity index (χ2n) is 6.99. The van der Waals surface area contributed by atoms with Crippen LogP contribution in [0.25, 0.3) is 0 Å². The lowest BCUT2D eigenvalue weighted by atomic mass is 10.1. The van der Waals surface area contributed by atoms with E-state index in [9.17, 15) is 4.79 Å². The minimum absolute atomic E-state index is 0.0135. The van der Waals surface area contributed by atoms with Gasteiger partial charge in [0.2, 0.25) is 5.91 Å². The summed E-state index contributed by atoms with van der Waals surface area (Å²) in [7, 11) is 0. The number of halogens is 1. The molecule has 2 fully saturated rings. The maximum Gasteiger partial charge on any atom is 0.225 e. The molecule has 1 atom stereocenters. The largest absolute Gasteiger partial charge is 0.375 e. The number of pyridine rings is 1. The number of ether oxygens (including phenoxy) is 1. The van der Waals surface area contributed by atoms with E-state index < -0.39 is 0 Å². The number of morpholine rings is 1. The van der Waals surface area contributed by atoms with Gasteiger partial charge in [0, 0.05) is 51.5 Å². The highest BCUT2D eigenvalue weighted by Crippen LogP contribution is 2.18. The predicted octanol–water partition coefficient (Wildman–Crippen LogP) is 1.88. The highest BCUT2D eigenvalue weighted by atomic mass is 35.5. The summed E-state index contributed by atoms with van der Waals surface area (Å²) < 4.78 is 5.80. The van der Waals surface area contributed by atoms with E-state index in [4.69, 9.17) is 16.3 Å². The SMILES string of the molecule is CC(C)N1CCO[C@@H](CC(=O)N2CCN(c3ccc(Cl)cn3)CC2)C1. The van der Waals surface area contributed by atoms with Crippen molar-refractivity contribution in [2.45, 2.75) is 32.4 Å². The van der Waals surface area contributed by atoms with Crippen LogP contribution in [0.15, 0.2) is 18.3 Å². The van der Waals surface area contributed by atoms with Crippen LogP contribution in [0.2, 0.25) is 5.02 Å². The average molecular weight is 367 g/mol. The summed E-state index contributed by atoms with van der Waals surface area (Å²) in [6.45, 7) is 9.93. The molecule has 138 valence electrons. The molecule has 7 heteroatoms. The van der Waals surface area contributed by atoms with Gasteiger partial charge >= 0.3 is 0 Å². The van der Waals surface area contributed by atoms with E-state index >= 15 is 0 Å². The fourth-order valence-corrected chi connectivity index (χ4v) is 3.51. The second-order valence-corrected chi connectivity index (χ2v) is 7.42. The highest BCUT2D eigenvalue weighted by Gasteiger charge is 2.28. The molecule has 0 bridgehead atoms. The van der Waals surface area contributed by atoms with Gasteiger partial charge in [-0.1, -0.05) is 11.6 Å². The van der Waals surface area contributed by atoms with Crippen LogP contribution in [-0.4, -0.2) is 78.7 Å². The van der Waals surface area contributed by atoms with Crippen LogP contribution in [0, 0.1) is 0 Å². The van der Waals surface area contributed by atoms with Gasteiger partial charge < -0.3 is 14.5 Å². The number of carbonyl (C=O) groups excluding carboxylic acids is 1. The molecule has 2 aliphatic heterocycles.